The van der Waals surface area contributed by atoms with Gasteiger partial charge in [0.05, 0.1) is 6.04 Å². The Labute approximate surface area is 91.2 Å². The molecule has 1 saturated carbocycles. The van der Waals surface area contributed by atoms with E-state index in [9.17, 15) is 4.79 Å². The Morgan fingerprint density at radius 3 is 2.93 bits per heavy atom. The van der Waals surface area contributed by atoms with Crippen molar-refractivity contribution in [3.05, 3.63) is 0 Å². The number of carbonyl (C=O) groups excluding carboxylic acids is 1. The van der Waals surface area contributed by atoms with Gasteiger partial charge in [0, 0.05) is 18.6 Å². The molecule has 1 fully saturated rings. The van der Waals surface area contributed by atoms with Gasteiger partial charge in [-0.15, -0.1) is 0 Å². The van der Waals surface area contributed by atoms with Crippen molar-refractivity contribution in [3.8, 4) is 0 Å². The SMILES string of the molecule is CCC[C@H](N)C(=O)NC1CCCC1CO. The number of nitrogens with two attached hydrogens (primary N) is 1. The van der Waals surface area contributed by atoms with Crippen molar-refractivity contribution < 1.29 is 9.90 Å². The molecule has 88 valence electrons. The zero-order chi connectivity index (χ0) is 11.3. The molecular weight excluding hydrogens is 192 g/mol. The average Bonchev–Trinajstić information content (AvgIpc) is 2.65. The van der Waals surface area contributed by atoms with E-state index >= 15 is 0 Å². The lowest BCUT2D eigenvalue weighted by Crippen LogP contribution is -2.47. The quantitative estimate of drug-likeness (QED) is 0.619. The monoisotopic (exact) mass is 214 g/mol. The van der Waals surface area contributed by atoms with Crippen LogP contribution in [0.4, 0.5) is 0 Å². The summed E-state index contributed by atoms with van der Waals surface area (Å²) in [5, 5.41) is 12.0. The van der Waals surface area contributed by atoms with Crippen LogP contribution in [0, 0.1) is 5.92 Å². The summed E-state index contributed by atoms with van der Waals surface area (Å²) in [4.78, 5) is 11.6. The molecule has 0 heterocycles. The summed E-state index contributed by atoms with van der Waals surface area (Å²) in [7, 11) is 0. The number of hydrogen-bond donors (Lipinski definition) is 3. The Bertz CT molecular complexity index is 209. The minimum Gasteiger partial charge on any atom is -0.396 e. The molecule has 15 heavy (non-hydrogen) atoms. The first-order chi connectivity index (χ1) is 7.19. The predicted molar refractivity (Wildman–Crippen MR) is 59.2 cm³/mol. The highest BCUT2D eigenvalue weighted by molar-refractivity contribution is 5.81. The minimum absolute atomic E-state index is 0.0674. The van der Waals surface area contributed by atoms with Gasteiger partial charge in [0.25, 0.3) is 0 Å². The van der Waals surface area contributed by atoms with Gasteiger partial charge in [-0.05, 0) is 19.3 Å². The first-order valence-electron chi connectivity index (χ1n) is 5.85. The Kier molecular flexibility index (Phi) is 5.05. The predicted octanol–water partition coefficient (Wildman–Crippen LogP) is 0.391. The molecule has 0 bridgehead atoms. The highest BCUT2D eigenvalue weighted by atomic mass is 16.3. The topological polar surface area (TPSA) is 75.4 Å². The van der Waals surface area contributed by atoms with Gasteiger partial charge in [-0.2, -0.15) is 0 Å². The van der Waals surface area contributed by atoms with E-state index in [2.05, 4.69) is 5.32 Å². The van der Waals surface area contributed by atoms with Crippen LogP contribution in [-0.2, 0) is 4.79 Å². The molecule has 0 saturated heterocycles. The van der Waals surface area contributed by atoms with Crippen LogP contribution in [0.3, 0.4) is 0 Å². The number of amides is 1. The molecule has 0 aromatic rings. The molecule has 4 N–H and O–H groups in total. The number of aliphatic hydroxyl groups is 1. The van der Waals surface area contributed by atoms with Gasteiger partial charge in [0.1, 0.15) is 0 Å². The van der Waals surface area contributed by atoms with E-state index in [1.165, 1.54) is 0 Å². The van der Waals surface area contributed by atoms with Crippen molar-refractivity contribution in [2.24, 2.45) is 11.7 Å². The summed E-state index contributed by atoms with van der Waals surface area (Å²) in [5.74, 6) is 0.157. The highest BCUT2D eigenvalue weighted by Gasteiger charge is 2.28. The smallest absolute Gasteiger partial charge is 0.237 e. The first-order valence-corrected chi connectivity index (χ1v) is 5.85. The molecule has 2 unspecified atom stereocenters. The van der Waals surface area contributed by atoms with Gasteiger partial charge in [0.2, 0.25) is 5.91 Å². The maximum absolute atomic E-state index is 11.6. The Balaban J connectivity index is 2.36. The second kappa shape index (κ2) is 6.08. The van der Waals surface area contributed by atoms with Crippen LogP contribution in [0.5, 0.6) is 0 Å². The molecule has 1 aliphatic carbocycles. The standard InChI is InChI=1S/C11H22N2O2/c1-2-4-9(12)11(15)13-10-6-3-5-8(10)7-14/h8-10,14H,2-7,12H2,1H3,(H,13,15)/t8?,9-,10?/m0/s1. The molecule has 0 aromatic heterocycles. The zero-order valence-corrected chi connectivity index (χ0v) is 9.41. The van der Waals surface area contributed by atoms with Crippen molar-refractivity contribution >= 4 is 5.91 Å². The van der Waals surface area contributed by atoms with Gasteiger partial charge in [-0.1, -0.05) is 19.8 Å². The summed E-state index contributed by atoms with van der Waals surface area (Å²) in [5.41, 5.74) is 5.72. The number of carbonyl (C=O) groups is 1. The lowest BCUT2D eigenvalue weighted by atomic mass is 10.0. The van der Waals surface area contributed by atoms with E-state index in [1.54, 1.807) is 0 Å². The average molecular weight is 214 g/mol. The summed E-state index contributed by atoms with van der Waals surface area (Å²) >= 11 is 0. The van der Waals surface area contributed by atoms with Crippen molar-refractivity contribution in [3.63, 3.8) is 0 Å². The normalized spacial score (nSPS) is 27.7. The van der Waals surface area contributed by atoms with Gasteiger partial charge in [0.15, 0.2) is 0 Å². The molecule has 4 heteroatoms. The molecule has 0 aromatic carbocycles. The van der Waals surface area contributed by atoms with Crippen LogP contribution in [0.1, 0.15) is 39.0 Å². The fourth-order valence-corrected chi connectivity index (χ4v) is 2.18. The largest absolute Gasteiger partial charge is 0.396 e. The van der Waals surface area contributed by atoms with Crippen molar-refractivity contribution in [2.45, 2.75) is 51.1 Å². The van der Waals surface area contributed by atoms with Crippen LogP contribution < -0.4 is 11.1 Å². The fourth-order valence-electron chi connectivity index (χ4n) is 2.18. The van der Waals surface area contributed by atoms with Gasteiger partial charge in [-0.25, -0.2) is 0 Å². The number of aliphatic hydroxyl groups excluding tert-OH is 1. The summed E-state index contributed by atoms with van der Waals surface area (Å²) in [6, 6.07) is -0.264. The summed E-state index contributed by atoms with van der Waals surface area (Å²) in [6.07, 6.45) is 4.70. The molecular formula is C11H22N2O2. The van der Waals surface area contributed by atoms with Gasteiger partial charge in [-0.3, -0.25) is 4.79 Å². The molecule has 3 atom stereocenters. The van der Waals surface area contributed by atoms with Gasteiger partial charge < -0.3 is 16.2 Å². The van der Waals surface area contributed by atoms with E-state index in [0.717, 1.165) is 32.1 Å². The van der Waals surface area contributed by atoms with Crippen molar-refractivity contribution in [2.75, 3.05) is 6.61 Å². The molecule has 1 aliphatic rings. The molecule has 1 rings (SSSR count). The highest BCUT2D eigenvalue weighted by Crippen LogP contribution is 2.25. The second-order valence-electron chi connectivity index (χ2n) is 4.38. The third-order valence-corrected chi connectivity index (χ3v) is 3.16. The Morgan fingerprint density at radius 2 is 2.33 bits per heavy atom. The fraction of sp³-hybridized carbons (Fsp3) is 0.909. The lowest BCUT2D eigenvalue weighted by Gasteiger charge is -2.21. The summed E-state index contributed by atoms with van der Waals surface area (Å²) in [6.45, 7) is 2.17. The third kappa shape index (κ3) is 3.47. The lowest BCUT2D eigenvalue weighted by molar-refractivity contribution is -0.123. The zero-order valence-electron chi connectivity index (χ0n) is 9.41. The number of rotatable bonds is 5. The van der Waals surface area contributed by atoms with Gasteiger partial charge >= 0.3 is 0 Å². The minimum atomic E-state index is -0.394. The van der Waals surface area contributed by atoms with Crippen molar-refractivity contribution in [1.29, 1.82) is 0 Å². The molecule has 0 radical (unpaired) electrons. The molecule has 4 nitrogen and oxygen atoms in total. The maximum atomic E-state index is 11.6. The van der Waals surface area contributed by atoms with Crippen LogP contribution in [-0.4, -0.2) is 29.7 Å². The van der Waals surface area contributed by atoms with Crippen LogP contribution in [0.15, 0.2) is 0 Å². The Hall–Kier alpha value is -0.610. The third-order valence-electron chi connectivity index (χ3n) is 3.16. The van der Waals surface area contributed by atoms with E-state index in [0.29, 0.717) is 0 Å². The van der Waals surface area contributed by atoms with Crippen LogP contribution in [0.2, 0.25) is 0 Å². The van der Waals surface area contributed by atoms with Crippen LogP contribution in [0.25, 0.3) is 0 Å². The van der Waals surface area contributed by atoms with E-state index in [-0.39, 0.29) is 24.5 Å². The Morgan fingerprint density at radius 1 is 1.60 bits per heavy atom. The summed E-state index contributed by atoms with van der Waals surface area (Å²) < 4.78 is 0. The van der Waals surface area contributed by atoms with E-state index in [4.69, 9.17) is 10.8 Å². The molecule has 0 aliphatic heterocycles. The van der Waals surface area contributed by atoms with E-state index in [1.807, 2.05) is 6.92 Å². The first kappa shape index (κ1) is 12.5. The maximum Gasteiger partial charge on any atom is 0.237 e. The van der Waals surface area contributed by atoms with Crippen molar-refractivity contribution in [1.82, 2.24) is 5.32 Å². The van der Waals surface area contributed by atoms with E-state index < -0.39 is 6.04 Å². The van der Waals surface area contributed by atoms with Crippen LogP contribution >= 0.6 is 0 Å². The second-order valence-corrected chi connectivity index (χ2v) is 4.38. The number of hydrogen-bond acceptors (Lipinski definition) is 3. The number of nitrogens with one attached hydrogen (secondary N) is 1. The molecule has 0 spiro atoms. The molecule has 1 amide bonds.